The minimum Gasteiger partial charge on any atom is -0.473 e. The Morgan fingerprint density at radius 3 is 3.13 bits per heavy atom. The van der Waals surface area contributed by atoms with E-state index < -0.39 is 0 Å². The van der Waals surface area contributed by atoms with Crippen LogP contribution in [0, 0.1) is 0 Å². The van der Waals surface area contributed by atoms with Gasteiger partial charge in [-0.1, -0.05) is 16.8 Å². The van der Waals surface area contributed by atoms with Gasteiger partial charge in [0.25, 0.3) is 0 Å². The highest BCUT2D eigenvalue weighted by atomic mass is 35.5. The van der Waals surface area contributed by atoms with Crippen molar-refractivity contribution in [2.45, 2.75) is 32.1 Å². The first-order valence-electron chi connectivity index (χ1n) is 7.54. The molecule has 0 unspecified atom stereocenters. The van der Waals surface area contributed by atoms with Crippen LogP contribution in [0.15, 0.2) is 22.9 Å². The summed E-state index contributed by atoms with van der Waals surface area (Å²) in [6, 6.07) is 3.57. The maximum absolute atomic E-state index is 5.92. The van der Waals surface area contributed by atoms with Gasteiger partial charge in [-0.05, 0) is 25.5 Å². The van der Waals surface area contributed by atoms with Crippen LogP contribution in [-0.4, -0.2) is 46.3 Å². The summed E-state index contributed by atoms with van der Waals surface area (Å²) in [7, 11) is 1.60. The Morgan fingerprint density at radius 1 is 1.43 bits per heavy atom. The summed E-state index contributed by atoms with van der Waals surface area (Å²) in [5, 5.41) is 4.48. The smallest absolute Gasteiger partial charge is 0.240 e. The van der Waals surface area contributed by atoms with Gasteiger partial charge in [0.15, 0.2) is 5.82 Å². The fourth-order valence-corrected chi connectivity index (χ4v) is 2.70. The molecule has 7 nitrogen and oxygen atoms in total. The van der Waals surface area contributed by atoms with Gasteiger partial charge in [-0.15, -0.1) is 0 Å². The second kappa shape index (κ2) is 7.72. The van der Waals surface area contributed by atoms with Gasteiger partial charge >= 0.3 is 0 Å². The number of hydrogen-bond donors (Lipinski definition) is 0. The summed E-state index contributed by atoms with van der Waals surface area (Å²) in [6.45, 7) is 2.75. The molecule has 23 heavy (non-hydrogen) atoms. The monoisotopic (exact) mass is 338 g/mol. The first-order chi connectivity index (χ1) is 11.2. The number of piperidine rings is 1. The van der Waals surface area contributed by atoms with E-state index in [2.05, 4.69) is 20.0 Å². The molecule has 2 aromatic heterocycles. The quantitative estimate of drug-likeness (QED) is 0.800. The van der Waals surface area contributed by atoms with Crippen molar-refractivity contribution in [3.8, 4) is 5.88 Å². The summed E-state index contributed by atoms with van der Waals surface area (Å²) in [5.41, 5.74) is 0. The molecule has 1 fully saturated rings. The van der Waals surface area contributed by atoms with Gasteiger partial charge in [0.1, 0.15) is 12.7 Å². The highest BCUT2D eigenvalue weighted by molar-refractivity contribution is 6.30. The zero-order valence-corrected chi connectivity index (χ0v) is 13.7. The predicted molar refractivity (Wildman–Crippen MR) is 83.2 cm³/mol. The van der Waals surface area contributed by atoms with Gasteiger partial charge in [-0.2, -0.15) is 4.98 Å². The molecule has 0 bridgehead atoms. The van der Waals surface area contributed by atoms with E-state index in [9.17, 15) is 0 Å². The summed E-state index contributed by atoms with van der Waals surface area (Å²) < 4.78 is 16.1. The largest absolute Gasteiger partial charge is 0.473 e. The highest BCUT2D eigenvalue weighted by Crippen LogP contribution is 2.19. The van der Waals surface area contributed by atoms with Crippen LogP contribution in [-0.2, 0) is 17.9 Å². The van der Waals surface area contributed by atoms with E-state index in [-0.39, 0.29) is 6.10 Å². The van der Waals surface area contributed by atoms with Crippen LogP contribution >= 0.6 is 11.6 Å². The Hall–Kier alpha value is -1.70. The molecular formula is C15H19ClN4O3. The number of likely N-dealkylation sites (tertiary alicyclic amines) is 1. The van der Waals surface area contributed by atoms with E-state index in [0.717, 1.165) is 25.9 Å². The summed E-state index contributed by atoms with van der Waals surface area (Å²) >= 11 is 5.83. The van der Waals surface area contributed by atoms with Crippen molar-refractivity contribution in [1.82, 2.24) is 20.0 Å². The molecule has 1 aliphatic rings. The molecule has 1 atom stereocenters. The fraction of sp³-hybridized carbons (Fsp3) is 0.533. The van der Waals surface area contributed by atoms with E-state index in [4.69, 9.17) is 25.6 Å². The van der Waals surface area contributed by atoms with Crippen LogP contribution in [0.1, 0.15) is 24.6 Å². The number of aromatic nitrogens is 3. The molecule has 1 aliphatic heterocycles. The number of halogens is 1. The van der Waals surface area contributed by atoms with Gasteiger partial charge in [-0.25, -0.2) is 4.98 Å². The van der Waals surface area contributed by atoms with Gasteiger partial charge in [0, 0.05) is 25.9 Å². The second-order valence-corrected chi connectivity index (χ2v) is 5.91. The van der Waals surface area contributed by atoms with Crippen molar-refractivity contribution in [1.29, 1.82) is 0 Å². The van der Waals surface area contributed by atoms with Crippen LogP contribution in [0.5, 0.6) is 5.88 Å². The molecule has 0 aliphatic carbocycles. The van der Waals surface area contributed by atoms with Crippen LogP contribution in [0.3, 0.4) is 0 Å². The van der Waals surface area contributed by atoms with Gasteiger partial charge in [0.2, 0.25) is 11.8 Å². The van der Waals surface area contributed by atoms with Gasteiger partial charge < -0.3 is 14.0 Å². The van der Waals surface area contributed by atoms with Crippen molar-refractivity contribution in [2.75, 3.05) is 20.2 Å². The van der Waals surface area contributed by atoms with Gasteiger partial charge in [0.05, 0.1) is 11.6 Å². The van der Waals surface area contributed by atoms with E-state index in [1.807, 2.05) is 0 Å². The Bertz CT molecular complexity index is 619. The Kier molecular flexibility index (Phi) is 5.43. The van der Waals surface area contributed by atoms with Gasteiger partial charge in [-0.3, -0.25) is 4.90 Å². The maximum atomic E-state index is 5.92. The third kappa shape index (κ3) is 4.63. The molecule has 0 aromatic carbocycles. The van der Waals surface area contributed by atoms with Crippen molar-refractivity contribution in [2.24, 2.45) is 0 Å². The van der Waals surface area contributed by atoms with E-state index in [0.29, 0.717) is 35.8 Å². The molecule has 2 aromatic rings. The average Bonchev–Trinajstić information content (AvgIpc) is 2.98. The van der Waals surface area contributed by atoms with Crippen LogP contribution in [0.4, 0.5) is 0 Å². The summed E-state index contributed by atoms with van der Waals surface area (Å²) in [6.07, 6.45) is 3.74. The third-order valence-electron chi connectivity index (χ3n) is 3.59. The fourth-order valence-electron chi connectivity index (χ4n) is 2.59. The third-order valence-corrected chi connectivity index (χ3v) is 3.82. The lowest BCUT2D eigenvalue weighted by atomic mass is 10.1. The minimum atomic E-state index is 0.0961. The lowest BCUT2D eigenvalue weighted by molar-refractivity contribution is 0.0746. The SMILES string of the molecule is COCc1noc(CN2CCC[C@H](Oc3ccc(Cl)cn3)C2)n1. The molecule has 3 heterocycles. The first-order valence-corrected chi connectivity index (χ1v) is 7.91. The standard InChI is InChI=1S/C15H19ClN4O3/c1-21-10-13-18-15(23-19-13)9-20-6-2-3-12(8-20)22-14-5-4-11(16)7-17-14/h4-5,7,12H,2-3,6,8-10H2,1H3/t12-/m0/s1. The zero-order chi connectivity index (χ0) is 16.1. The average molecular weight is 339 g/mol. The molecular weight excluding hydrogens is 320 g/mol. The van der Waals surface area contributed by atoms with Crippen LogP contribution in [0.2, 0.25) is 5.02 Å². The molecule has 8 heteroatoms. The van der Waals surface area contributed by atoms with Crippen molar-refractivity contribution >= 4 is 11.6 Å². The molecule has 0 amide bonds. The lowest BCUT2D eigenvalue weighted by Crippen LogP contribution is -2.40. The molecule has 124 valence electrons. The van der Waals surface area contributed by atoms with Crippen LogP contribution < -0.4 is 4.74 Å². The van der Waals surface area contributed by atoms with Crippen LogP contribution in [0.25, 0.3) is 0 Å². The minimum absolute atomic E-state index is 0.0961. The molecule has 0 N–H and O–H groups in total. The molecule has 3 rings (SSSR count). The summed E-state index contributed by atoms with van der Waals surface area (Å²) in [4.78, 5) is 10.7. The predicted octanol–water partition coefficient (Wildman–Crippen LogP) is 2.31. The number of ether oxygens (including phenoxy) is 2. The number of rotatable bonds is 6. The maximum Gasteiger partial charge on any atom is 0.240 e. The Balaban J connectivity index is 1.54. The molecule has 1 saturated heterocycles. The number of nitrogens with zero attached hydrogens (tertiary/aromatic N) is 4. The Morgan fingerprint density at radius 2 is 2.35 bits per heavy atom. The zero-order valence-electron chi connectivity index (χ0n) is 12.9. The normalized spacial score (nSPS) is 19.0. The van der Waals surface area contributed by atoms with Crippen molar-refractivity contribution in [3.05, 3.63) is 35.1 Å². The topological polar surface area (TPSA) is 73.5 Å². The number of pyridine rings is 1. The molecule has 0 radical (unpaired) electrons. The Labute approximate surface area is 139 Å². The first kappa shape index (κ1) is 16.2. The highest BCUT2D eigenvalue weighted by Gasteiger charge is 2.23. The second-order valence-electron chi connectivity index (χ2n) is 5.47. The van der Waals surface area contributed by atoms with E-state index in [1.54, 1.807) is 25.4 Å². The number of methoxy groups -OCH3 is 1. The van der Waals surface area contributed by atoms with Crippen molar-refractivity contribution in [3.63, 3.8) is 0 Å². The lowest BCUT2D eigenvalue weighted by Gasteiger charge is -2.31. The number of hydrogen-bond acceptors (Lipinski definition) is 7. The molecule has 0 saturated carbocycles. The van der Waals surface area contributed by atoms with E-state index >= 15 is 0 Å². The summed E-state index contributed by atoms with van der Waals surface area (Å²) in [5.74, 6) is 1.77. The van der Waals surface area contributed by atoms with Crippen molar-refractivity contribution < 1.29 is 14.0 Å². The van der Waals surface area contributed by atoms with E-state index in [1.165, 1.54) is 0 Å². The molecule has 0 spiro atoms.